The van der Waals surface area contributed by atoms with Gasteiger partial charge in [-0.05, 0) is 70.6 Å². The van der Waals surface area contributed by atoms with Gasteiger partial charge in [-0.1, -0.05) is 153 Å². The lowest BCUT2D eigenvalue weighted by Gasteiger charge is -2.24. The van der Waals surface area contributed by atoms with Crippen LogP contribution >= 0.6 is 7.82 Å². The lowest BCUT2D eigenvalue weighted by atomic mass is 10.1. The van der Waals surface area contributed by atoms with Gasteiger partial charge in [0.1, 0.15) is 19.3 Å². The van der Waals surface area contributed by atoms with Crippen molar-refractivity contribution in [3.05, 3.63) is 36.5 Å². The highest BCUT2D eigenvalue weighted by molar-refractivity contribution is 7.47. The molecule has 55 heavy (non-hydrogen) atoms. The molecule has 0 aromatic rings. The molecule has 0 aliphatic carbocycles. The molecule has 9 heteroatoms. The van der Waals surface area contributed by atoms with Crippen molar-refractivity contribution in [2.75, 3.05) is 54.1 Å². The molecule has 324 valence electrons. The average Bonchev–Trinajstić information content (AvgIpc) is 3.13. The summed E-state index contributed by atoms with van der Waals surface area (Å²) in [6, 6.07) is 0. The number of phosphoric acid groups is 1. The number of ether oxygens (including phenoxy) is 2. The smallest absolute Gasteiger partial charge is 0.457 e. The minimum Gasteiger partial charge on any atom is -0.457 e. The highest BCUT2D eigenvalue weighted by atomic mass is 31.2. The number of carbonyl (C=O) groups is 1. The molecule has 0 saturated heterocycles. The Hall–Kier alpha value is -1.28. The Morgan fingerprint density at radius 2 is 1.00 bits per heavy atom. The molecule has 0 heterocycles. The molecule has 0 aromatic carbocycles. The first-order valence-corrected chi connectivity index (χ1v) is 24.2. The molecular formula is C46H89NO7P+. The maximum absolute atomic E-state index is 12.7. The number of hydrogen-bond donors (Lipinski definition) is 1. The summed E-state index contributed by atoms with van der Waals surface area (Å²) in [6.07, 6.45) is 46.0. The molecule has 0 aliphatic heterocycles. The molecule has 2 atom stereocenters. The van der Waals surface area contributed by atoms with E-state index in [0.717, 1.165) is 51.4 Å². The number of nitrogens with zero attached hydrogens (tertiary/aromatic N) is 1. The van der Waals surface area contributed by atoms with Gasteiger partial charge in [-0.2, -0.15) is 0 Å². The van der Waals surface area contributed by atoms with Gasteiger partial charge in [0, 0.05) is 13.0 Å². The second kappa shape index (κ2) is 39.5. The number of quaternary nitrogens is 1. The van der Waals surface area contributed by atoms with Crippen LogP contribution in [0.15, 0.2) is 36.5 Å². The Kier molecular flexibility index (Phi) is 38.6. The molecule has 0 amide bonds. The maximum Gasteiger partial charge on any atom is 0.472 e. The highest BCUT2D eigenvalue weighted by Gasteiger charge is 2.26. The predicted molar refractivity (Wildman–Crippen MR) is 233 cm³/mol. The number of hydrogen-bond acceptors (Lipinski definition) is 6. The Labute approximate surface area is 340 Å². The van der Waals surface area contributed by atoms with E-state index in [0.29, 0.717) is 24.1 Å². The quantitative estimate of drug-likeness (QED) is 0.0216. The summed E-state index contributed by atoms with van der Waals surface area (Å²) in [7, 11) is 1.66. The monoisotopic (exact) mass is 799 g/mol. The van der Waals surface area contributed by atoms with Gasteiger partial charge in [-0.15, -0.1) is 0 Å². The summed E-state index contributed by atoms with van der Waals surface area (Å²) in [6.45, 7) is 5.58. The summed E-state index contributed by atoms with van der Waals surface area (Å²) in [4.78, 5) is 22.9. The molecule has 1 N–H and O–H groups in total. The lowest BCUT2D eigenvalue weighted by Crippen LogP contribution is -2.37. The highest BCUT2D eigenvalue weighted by Crippen LogP contribution is 2.43. The number of esters is 1. The van der Waals surface area contributed by atoms with Crippen molar-refractivity contribution in [3.8, 4) is 0 Å². The zero-order valence-electron chi connectivity index (χ0n) is 36.7. The van der Waals surface area contributed by atoms with Crippen LogP contribution < -0.4 is 0 Å². The van der Waals surface area contributed by atoms with Crippen LogP contribution in [0.3, 0.4) is 0 Å². The van der Waals surface area contributed by atoms with Crippen molar-refractivity contribution < 1.29 is 37.3 Å². The van der Waals surface area contributed by atoms with Crippen LogP contribution in [0.2, 0.25) is 0 Å². The van der Waals surface area contributed by atoms with Gasteiger partial charge in [0.25, 0.3) is 0 Å². The normalized spacial score (nSPS) is 14.1. The Morgan fingerprint density at radius 1 is 0.564 bits per heavy atom. The van der Waals surface area contributed by atoms with Gasteiger partial charge in [-0.25, -0.2) is 4.57 Å². The number of unbranched alkanes of at least 4 members (excludes halogenated alkanes) is 22. The Morgan fingerprint density at radius 3 is 1.51 bits per heavy atom. The SMILES string of the molecule is CCCCCC/C=C\C/C=C\CCCCCCCCCCOCC(COP(=O)(O)OCC[N+](C)(C)C)OC(=O)CCCCCCC/C=C\CCCCCCC. The van der Waals surface area contributed by atoms with Crippen LogP contribution in [0.25, 0.3) is 0 Å². The van der Waals surface area contributed by atoms with Crippen LogP contribution in [0, 0.1) is 0 Å². The average molecular weight is 799 g/mol. The first-order valence-electron chi connectivity index (χ1n) is 22.7. The third-order valence-corrected chi connectivity index (χ3v) is 10.7. The molecule has 8 nitrogen and oxygen atoms in total. The van der Waals surface area contributed by atoms with E-state index >= 15 is 0 Å². The first-order chi connectivity index (χ1) is 26.6. The molecule has 0 fully saturated rings. The van der Waals surface area contributed by atoms with E-state index in [2.05, 4.69) is 50.3 Å². The Balaban J connectivity index is 4.22. The predicted octanol–water partition coefficient (Wildman–Crippen LogP) is 13.4. The largest absolute Gasteiger partial charge is 0.472 e. The number of likely N-dealkylation sites (N-methyl/N-ethyl adjacent to an activating group) is 1. The van der Waals surface area contributed by atoms with Gasteiger partial charge < -0.3 is 18.9 Å². The van der Waals surface area contributed by atoms with Crippen molar-refractivity contribution in [2.45, 2.75) is 200 Å². The van der Waals surface area contributed by atoms with Crippen molar-refractivity contribution in [3.63, 3.8) is 0 Å². The van der Waals surface area contributed by atoms with Crippen molar-refractivity contribution in [1.82, 2.24) is 0 Å². The van der Waals surface area contributed by atoms with Crippen LogP contribution in [0.4, 0.5) is 0 Å². The second-order valence-electron chi connectivity index (χ2n) is 16.4. The van der Waals surface area contributed by atoms with Crippen LogP contribution in [-0.4, -0.2) is 75.6 Å². The lowest BCUT2D eigenvalue weighted by molar-refractivity contribution is -0.870. The van der Waals surface area contributed by atoms with E-state index in [1.807, 2.05) is 21.1 Å². The fraction of sp³-hybridized carbons (Fsp3) is 0.848. The number of phosphoric ester groups is 1. The minimum atomic E-state index is -4.28. The standard InChI is InChI=1S/C46H88NO7P/c1-6-8-10-12-14-16-18-20-22-23-24-25-26-28-30-32-34-36-38-41-51-43-45(44-53-55(49,50)52-42-40-47(3,4)5)54-46(48)39-37-35-33-31-29-27-21-19-17-15-13-11-9-7-2/h16,18-19,21-23,45H,6-15,17,20,24-44H2,1-5H3/p+1/b18-16-,21-19-,23-22-. The van der Waals surface area contributed by atoms with E-state index in [4.69, 9.17) is 18.5 Å². The molecule has 0 saturated carbocycles. The number of allylic oxidation sites excluding steroid dienone is 6. The van der Waals surface area contributed by atoms with Gasteiger partial charge in [0.05, 0.1) is 34.4 Å². The summed E-state index contributed by atoms with van der Waals surface area (Å²) in [5.74, 6) is -0.325. The summed E-state index contributed by atoms with van der Waals surface area (Å²) < 4.78 is 35.0. The Bertz CT molecular complexity index is 978. The van der Waals surface area contributed by atoms with Gasteiger partial charge in [0.15, 0.2) is 0 Å². The molecule has 2 unspecified atom stereocenters. The van der Waals surface area contributed by atoms with Gasteiger partial charge >= 0.3 is 13.8 Å². The van der Waals surface area contributed by atoms with Gasteiger partial charge in [0.2, 0.25) is 0 Å². The van der Waals surface area contributed by atoms with E-state index < -0.39 is 13.9 Å². The van der Waals surface area contributed by atoms with E-state index in [9.17, 15) is 14.3 Å². The van der Waals surface area contributed by atoms with Crippen LogP contribution in [0.5, 0.6) is 0 Å². The molecule has 0 aromatic heterocycles. The zero-order chi connectivity index (χ0) is 40.6. The summed E-state index contributed by atoms with van der Waals surface area (Å²) >= 11 is 0. The van der Waals surface area contributed by atoms with Gasteiger partial charge in [-0.3, -0.25) is 13.8 Å². The molecule has 0 rings (SSSR count). The molecule has 0 aliphatic rings. The third-order valence-electron chi connectivity index (χ3n) is 9.67. The zero-order valence-corrected chi connectivity index (χ0v) is 37.6. The number of carbonyl (C=O) groups excluding carboxylic acids is 1. The van der Waals surface area contributed by atoms with Crippen LogP contribution in [0.1, 0.15) is 194 Å². The second-order valence-corrected chi connectivity index (χ2v) is 17.9. The van der Waals surface area contributed by atoms with Crippen LogP contribution in [-0.2, 0) is 27.9 Å². The minimum absolute atomic E-state index is 0.0857. The van der Waals surface area contributed by atoms with E-state index in [1.54, 1.807) is 0 Å². The topological polar surface area (TPSA) is 91.3 Å². The molecule has 0 bridgehead atoms. The number of rotatable bonds is 42. The fourth-order valence-corrected chi connectivity index (χ4v) is 6.85. The van der Waals surface area contributed by atoms with E-state index in [-0.39, 0.29) is 25.8 Å². The summed E-state index contributed by atoms with van der Waals surface area (Å²) in [5, 5.41) is 0. The first kappa shape index (κ1) is 53.7. The van der Waals surface area contributed by atoms with E-state index in [1.165, 1.54) is 122 Å². The third kappa shape index (κ3) is 43.7. The fourth-order valence-electron chi connectivity index (χ4n) is 6.11. The molecule has 0 spiro atoms. The summed E-state index contributed by atoms with van der Waals surface area (Å²) in [5.41, 5.74) is 0. The van der Waals surface area contributed by atoms with Crippen molar-refractivity contribution in [1.29, 1.82) is 0 Å². The van der Waals surface area contributed by atoms with Crippen molar-refractivity contribution in [2.24, 2.45) is 0 Å². The van der Waals surface area contributed by atoms with Crippen molar-refractivity contribution >= 4 is 13.8 Å². The maximum atomic E-state index is 12.7. The molecule has 0 radical (unpaired) electrons. The molecular weight excluding hydrogens is 709 g/mol.